The van der Waals surface area contributed by atoms with Crippen LogP contribution < -0.4 is 0 Å². The molecule has 0 atom stereocenters. The van der Waals surface area contributed by atoms with E-state index in [1.807, 2.05) is 18.2 Å². The summed E-state index contributed by atoms with van der Waals surface area (Å²) in [4.78, 5) is 3.44. The van der Waals surface area contributed by atoms with Crippen molar-refractivity contribution in [3.8, 4) is 11.1 Å². The van der Waals surface area contributed by atoms with Crippen molar-refractivity contribution in [3.63, 3.8) is 0 Å². The highest BCUT2D eigenvalue weighted by Gasteiger charge is 2.09. The number of nitrogens with one attached hydrogen (secondary N) is 1. The normalized spacial score (nSPS) is 12.0. The van der Waals surface area contributed by atoms with E-state index in [0.717, 1.165) is 11.2 Å². The van der Waals surface area contributed by atoms with E-state index in [0.29, 0.717) is 0 Å². The zero-order valence-electron chi connectivity index (χ0n) is 10.3. The Morgan fingerprint density at radius 1 is 0.789 bits per heavy atom. The average Bonchev–Trinajstić information content (AvgIpc) is 2.86. The molecule has 1 aromatic heterocycles. The van der Waals surface area contributed by atoms with Crippen LogP contribution >= 0.6 is 0 Å². The number of aromatic nitrogens is 1. The molecule has 2 aromatic carbocycles. The van der Waals surface area contributed by atoms with Crippen molar-refractivity contribution in [3.05, 3.63) is 71.3 Å². The maximum Gasteiger partial charge on any atom is 0.0556 e. The molecule has 4 rings (SSSR count). The molecule has 1 nitrogen and oxygen atoms in total. The molecule has 0 radical (unpaired) electrons. The van der Waals surface area contributed by atoms with E-state index in [4.69, 9.17) is 0 Å². The van der Waals surface area contributed by atoms with Crippen LogP contribution in [0.15, 0.2) is 60.0 Å². The Morgan fingerprint density at radius 3 is 2.53 bits per heavy atom. The Bertz CT molecular complexity index is 869. The van der Waals surface area contributed by atoms with Gasteiger partial charge in [0.25, 0.3) is 0 Å². The van der Waals surface area contributed by atoms with Gasteiger partial charge in [-0.3, -0.25) is 0 Å². The number of aromatic amines is 1. The smallest absolute Gasteiger partial charge is 0.0556 e. The van der Waals surface area contributed by atoms with Crippen molar-refractivity contribution in [1.82, 2.24) is 4.98 Å². The lowest BCUT2D eigenvalue weighted by Gasteiger charge is -2.01. The Balaban J connectivity index is 1.95. The van der Waals surface area contributed by atoms with Crippen LogP contribution in [0.1, 0.15) is 11.3 Å². The third-order valence-corrected chi connectivity index (χ3v) is 3.49. The van der Waals surface area contributed by atoms with Crippen LogP contribution in [-0.2, 0) is 0 Å². The van der Waals surface area contributed by atoms with Gasteiger partial charge in [-0.2, -0.15) is 0 Å². The Morgan fingerprint density at radius 2 is 1.63 bits per heavy atom. The summed E-state index contributed by atoms with van der Waals surface area (Å²) < 4.78 is 0. The van der Waals surface area contributed by atoms with Gasteiger partial charge in [-0.1, -0.05) is 53.9 Å². The van der Waals surface area contributed by atoms with Crippen LogP contribution in [-0.4, -0.2) is 4.98 Å². The minimum Gasteiger partial charge on any atom is -0.354 e. The number of H-pyrrole nitrogens is 1. The van der Waals surface area contributed by atoms with Gasteiger partial charge in [-0.05, 0) is 23.3 Å². The molecule has 1 aliphatic rings. The van der Waals surface area contributed by atoms with E-state index >= 15 is 0 Å². The van der Waals surface area contributed by atoms with Gasteiger partial charge in [-0.25, -0.2) is 0 Å². The molecule has 3 aromatic rings. The summed E-state index contributed by atoms with van der Waals surface area (Å²) in [5.41, 5.74) is 11.9. The first-order chi connectivity index (χ1) is 9.42. The SMILES string of the molecule is C1=C=Cc2c([nH]c3cc(-c4ccccc4)ccc23)C=1. The average molecular weight is 241 g/mol. The van der Waals surface area contributed by atoms with Gasteiger partial charge in [0.15, 0.2) is 0 Å². The molecule has 0 spiro atoms. The molecule has 1 aliphatic carbocycles. The molecular formula is C18H11N. The van der Waals surface area contributed by atoms with Gasteiger partial charge < -0.3 is 4.98 Å². The zero-order valence-corrected chi connectivity index (χ0v) is 10.3. The first kappa shape index (κ1) is 10.2. The largest absolute Gasteiger partial charge is 0.354 e. The van der Waals surface area contributed by atoms with Gasteiger partial charge in [0, 0.05) is 22.5 Å². The van der Waals surface area contributed by atoms with Crippen LogP contribution in [0.4, 0.5) is 0 Å². The Hall–Kier alpha value is -2.72. The summed E-state index contributed by atoms with van der Waals surface area (Å²) in [6.07, 6.45) is 3.92. The van der Waals surface area contributed by atoms with E-state index in [1.54, 1.807) is 0 Å². The van der Waals surface area contributed by atoms with E-state index in [9.17, 15) is 0 Å². The number of fused-ring (bicyclic) bond motifs is 3. The third kappa shape index (κ3) is 1.58. The highest BCUT2D eigenvalue weighted by molar-refractivity contribution is 5.96. The minimum absolute atomic E-state index is 1.11. The molecule has 0 aliphatic heterocycles. The lowest BCUT2D eigenvalue weighted by Crippen LogP contribution is -1.77. The number of hydrogen-bond acceptors (Lipinski definition) is 0. The standard InChI is InChI=1S/C18H11N/c1-2-6-13(7-3-1)14-10-11-16-15-8-4-5-9-17(15)19-18(16)12-14/h1-3,6-12,19H. The summed E-state index contributed by atoms with van der Waals surface area (Å²) in [6.45, 7) is 0. The second-order valence-corrected chi connectivity index (χ2v) is 4.66. The summed E-state index contributed by atoms with van der Waals surface area (Å²) in [7, 11) is 0. The van der Waals surface area contributed by atoms with Gasteiger partial charge in [0.1, 0.15) is 0 Å². The first-order valence-corrected chi connectivity index (χ1v) is 6.30. The quantitative estimate of drug-likeness (QED) is 0.468. The van der Waals surface area contributed by atoms with E-state index in [2.05, 4.69) is 58.9 Å². The van der Waals surface area contributed by atoms with Crippen LogP contribution in [0.2, 0.25) is 0 Å². The van der Waals surface area contributed by atoms with Crippen LogP contribution in [0, 0.1) is 0 Å². The molecule has 1 heteroatoms. The second-order valence-electron chi connectivity index (χ2n) is 4.66. The predicted molar refractivity (Wildman–Crippen MR) is 79.7 cm³/mol. The Labute approximate surface area is 111 Å². The van der Waals surface area contributed by atoms with Gasteiger partial charge in [0.2, 0.25) is 0 Å². The number of benzene rings is 2. The monoisotopic (exact) mass is 241 g/mol. The molecule has 0 saturated carbocycles. The molecule has 0 fully saturated rings. The Kier molecular flexibility index (Phi) is 2.10. The lowest BCUT2D eigenvalue weighted by atomic mass is 10.0. The lowest BCUT2D eigenvalue weighted by molar-refractivity contribution is 1.42. The molecule has 1 N–H and O–H groups in total. The highest BCUT2D eigenvalue weighted by Crippen LogP contribution is 2.29. The van der Waals surface area contributed by atoms with Gasteiger partial charge in [0.05, 0.1) is 5.69 Å². The van der Waals surface area contributed by atoms with Crippen LogP contribution in [0.25, 0.3) is 34.2 Å². The van der Waals surface area contributed by atoms with E-state index in [-0.39, 0.29) is 0 Å². The maximum absolute atomic E-state index is 3.44. The van der Waals surface area contributed by atoms with Crippen molar-refractivity contribution in [1.29, 1.82) is 0 Å². The number of hydrogen-bond donors (Lipinski definition) is 1. The van der Waals surface area contributed by atoms with Crippen molar-refractivity contribution in [2.45, 2.75) is 0 Å². The fourth-order valence-electron chi connectivity index (χ4n) is 2.55. The van der Waals surface area contributed by atoms with Crippen LogP contribution in [0.3, 0.4) is 0 Å². The molecule has 0 saturated heterocycles. The summed E-state index contributed by atoms with van der Waals surface area (Å²) >= 11 is 0. The van der Waals surface area contributed by atoms with Crippen molar-refractivity contribution < 1.29 is 0 Å². The molecule has 0 bridgehead atoms. The molecule has 1 heterocycles. The van der Waals surface area contributed by atoms with Crippen molar-refractivity contribution in [2.75, 3.05) is 0 Å². The third-order valence-electron chi connectivity index (χ3n) is 3.49. The molecular weight excluding hydrogens is 230 g/mol. The fraction of sp³-hybridized carbons (Fsp3) is 0. The molecule has 19 heavy (non-hydrogen) atoms. The van der Waals surface area contributed by atoms with Gasteiger partial charge >= 0.3 is 0 Å². The van der Waals surface area contributed by atoms with E-state index < -0.39 is 0 Å². The minimum atomic E-state index is 1.11. The summed E-state index contributed by atoms with van der Waals surface area (Å²) in [6, 6.07) is 17.0. The molecule has 0 amide bonds. The van der Waals surface area contributed by atoms with E-state index in [1.165, 1.54) is 22.1 Å². The molecule has 88 valence electrons. The predicted octanol–water partition coefficient (Wildman–Crippen LogP) is 4.63. The summed E-state index contributed by atoms with van der Waals surface area (Å²) in [5.74, 6) is 0. The highest BCUT2D eigenvalue weighted by atomic mass is 14.7. The zero-order chi connectivity index (χ0) is 12.7. The fourth-order valence-corrected chi connectivity index (χ4v) is 2.55. The number of rotatable bonds is 1. The molecule has 0 unspecified atom stereocenters. The first-order valence-electron chi connectivity index (χ1n) is 6.30. The maximum atomic E-state index is 3.44. The van der Waals surface area contributed by atoms with Crippen molar-refractivity contribution >= 4 is 23.1 Å². The topological polar surface area (TPSA) is 15.8 Å². The van der Waals surface area contributed by atoms with Crippen LogP contribution in [0.5, 0.6) is 0 Å². The van der Waals surface area contributed by atoms with Crippen molar-refractivity contribution in [2.24, 2.45) is 0 Å². The van der Waals surface area contributed by atoms with Gasteiger partial charge in [-0.15, -0.1) is 0 Å². The second kappa shape index (κ2) is 3.90. The summed E-state index contributed by atoms with van der Waals surface area (Å²) in [5, 5.41) is 1.24.